The number of benzene rings is 1. The van der Waals surface area contributed by atoms with Crippen LogP contribution in [-0.2, 0) is 16.0 Å². The fourth-order valence-corrected chi connectivity index (χ4v) is 3.08. The van der Waals surface area contributed by atoms with Gasteiger partial charge in [-0.05, 0) is 49.9 Å². The molecule has 1 amide bonds. The quantitative estimate of drug-likeness (QED) is 0.785. The molecule has 0 atom stereocenters. The first-order valence-electron chi connectivity index (χ1n) is 8.49. The lowest BCUT2D eigenvalue weighted by Gasteiger charge is -2.41. The molecule has 0 bridgehead atoms. The van der Waals surface area contributed by atoms with Crippen LogP contribution in [0.15, 0.2) is 22.7 Å². The lowest BCUT2D eigenvalue weighted by Crippen LogP contribution is -2.54. The summed E-state index contributed by atoms with van der Waals surface area (Å²) in [5.74, 6) is -0.812. The fourth-order valence-electron chi connectivity index (χ4n) is 3.08. The standard InChI is InChI=1S/C18H20FN3O4/c1-11-9-12(3-4-13(11)19)17-20-15(26-22-17)6-5-14(23)21-18(7-2-8-18)10-16(24)25/h3-4,9H,2,5-8,10H2,1H3,(H,21,23)(H,24,25). The van der Waals surface area contributed by atoms with E-state index in [9.17, 15) is 14.0 Å². The average Bonchev–Trinajstić information content (AvgIpc) is 3.02. The van der Waals surface area contributed by atoms with Crippen molar-refractivity contribution >= 4 is 11.9 Å². The predicted molar refractivity (Wildman–Crippen MR) is 89.7 cm³/mol. The molecule has 1 heterocycles. The Labute approximate surface area is 149 Å². The van der Waals surface area contributed by atoms with Gasteiger partial charge in [-0.2, -0.15) is 4.98 Å². The summed E-state index contributed by atoms with van der Waals surface area (Å²) in [7, 11) is 0. The van der Waals surface area contributed by atoms with Crippen LogP contribution in [0.2, 0.25) is 0 Å². The smallest absolute Gasteiger partial charge is 0.305 e. The number of nitrogens with zero attached hydrogens (tertiary/aromatic N) is 2. The molecule has 3 rings (SSSR count). The monoisotopic (exact) mass is 361 g/mol. The van der Waals surface area contributed by atoms with Crippen molar-refractivity contribution in [1.82, 2.24) is 15.5 Å². The molecule has 1 fully saturated rings. The minimum atomic E-state index is -0.916. The normalized spacial score (nSPS) is 15.3. The van der Waals surface area contributed by atoms with Crippen molar-refractivity contribution in [3.05, 3.63) is 35.5 Å². The topological polar surface area (TPSA) is 105 Å². The molecular formula is C18H20FN3O4. The molecule has 1 aromatic heterocycles. The molecule has 2 aromatic rings. The first kappa shape index (κ1) is 18.0. The second-order valence-electron chi connectivity index (χ2n) is 6.73. The zero-order chi connectivity index (χ0) is 18.7. The van der Waals surface area contributed by atoms with Crippen LogP contribution in [0, 0.1) is 12.7 Å². The highest BCUT2D eigenvalue weighted by Gasteiger charge is 2.40. The minimum Gasteiger partial charge on any atom is -0.481 e. The maximum Gasteiger partial charge on any atom is 0.305 e. The van der Waals surface area contributed by atoms with Crippen LogP contribution >= 0.6 is 0 Å². The van der Waals surface area contributed by atoms with E-state index in [1.165, 1.54) is 6.07 Å². The lowest BCUT2D eigenvalue weighted by molar-refractivity contribution is -0.140. The van der Waals surface area contributed by atoms with E-state index in [-0.39, 0.29) is 31.0 Å². The summed E-state index contributed by atoms with van der Waals surface area (Å²) in [5.41, 5.74) is 0.504. The second kappa shape index (κ2) is 7.23. The number of halogens is 1. The first-order valence-corrected chi connectivity index (χ1v) is 8.49. The Balaban J connectivity index is 1.57. The number of carboxylic acids is 1. The molecule has 7 nitrogen and oxygen atoms in total. The molecule has 138 valence electrons. The maximum absolute atomic E-state index is 13.3. The van der Waals surface area contributed by atoms with Crippen molar-refractivity contribution in [2.75, 3.05) is 0 Å². The van der Waals surface area contributed by atoms with Crippen molar-refractivity contribution in [1.29, 1.82) is 0 Å². The summed E-state index contributed by atoms with van der Waals surface area (Å²) < 4.78 is 18.5. The number of aryl methyl sites for hydroxylation is 2. The number of carboxylic acid groups (broad SMARTS) is 1. The number of hydrogen-bond acceptors (Lipinski definition) is 5. The van der Waals surface area contributed by atoms with Crippen LogP contribution in [0.3, 0.4) is 0 Å². The van der Waals surface area contributed by atoms with Gasteiger partial charge in [-0.25, -0.2) is 4.39 Å². The molecule has 2 N–H and O–H groups in total. The molecule has 1 saturated carbocycles. The van der Waals surface area contributed by atoms with Gasteiger partial charge in [-0.1, -0.05) is 5.16 Å². The maximum atomic E-state index is 13.3. The van der Waals surface area contributed by atoms with Crippen molar-refractivity contribution < 1.29 is 23.6 Å². The molecular weight excluding hydrogens is 341 g/mol. The van der Waals surface area contributed by atoms with Gasteiger partial charge in [0.25, 0.3) is 0 Å². The van der Waals surface area contributed by atoms with E-state index in [0.717, 1.165) is 6.42 Å². The van der Waals surface area contributed by atoms with E-state index in [1.807, 2.05) is 0 Å². The van der Waals surface area contributed by atoms with Crippen LogP contribution in [0.4, 0.5) is 4.39 Å². The molecule has 0 unspecified atom stereocenters. The highest BCUT2D eigenvalue weighted by Crippen LogP contribution is 2.35. The van der Waals surface area contributed by atoms with Crippen molar-refractivity contribution in [3.63, 3.8) is 0 Å². The Kier molecular flexibility index (Phi) is 5.01. The number of carbonyl (C=O) groups excluding carboxylic acids is 1. The predicted octanol–water partition coefficient (Wildman–Crippen LogP) is 2.63. The third-order valence-corrected chi connectivity index (χ3v) is 4.66. The minimum absolute atomic E-state index is 0.0621. The summed E-state index contributed by atoms with van der Waals surface area (Å²) in [4.78, 5) is 27.3. The number of aromatic nitrogens is 2. The molecule has 0 spiro atoms. The van der Waals surface area contributed by atoms with Gasteiger partial charge >= 0.3 is 5.97 Å². The van der Waals surface area contributed by atoms with Gasteiger partial charge in [-0.15, -0.1) is 0 Å². The highest BCUT2D eigenvalue weighted by atomic mass is 19.1. The van der Waals surface area contributed by atoms with E-state index in [1.54, 1.807) is 19.1 Å². The third kappa shape index (κ3) is 4.07. The molecule has 1 aliphatic rings. The second-order valence-corrected chi connectivity index (χ2v) is 6.73. The van der Waals surface area contributed by atoms with E-state index in [0.29, 0.717) is 35.7 Å². The molecule has 26 heavy (non-hydrogen) atoms. The largest absolute Gasteiger partial charge is 0.481 e. The van der Waals surface area contributed by atoms with Gasteiger partial charge in [0.15, 0.2) is 0 Å². The van der Waals surface area contributed by atoms with E-state index in [4.69, 9.17) is 9.63 Å². The molecule has 0 radical (unpaired) electrons. The van der Waals surface area contributed by atoms with Gasteiger partial charge in [0, 0.05) is 18.4 Å². The van der Waals surface area contributed by atoms with Crippen LogP contribution in [0.5, 0.6) is 0 Å². The number of nitrogens with one attached hydrogen (secondary N) is 1. The van der Waals surface area contributed by atoms with Crippen molar-refractivity contribution in [3.8, 4) is 11.4 Å². The number of carbonyl (C=O) groups is 2. The van der Waals surface area contributed by atoms with Crippen LogP contribution in [-0.4, -0.2) is 32.7 Å². The van der Waals surface area contributed by atoms with Gasteiger partial charge in [-0.3, -0.25) is 9.59 Å². The number of aliphatic carboxylic acids is 1. The zero-order valence-corrected chi connectivity index (χ0v) is 14.4. The molecule has 0 aliphatic heterocycles. The summed E-state index contributed by atoms with van der Waals surface area (Å²) in [5, 5.41) is 15.7. The van der Waals surface area contributed by atoms with Gasteiger partial charge in [0.1, 0.15) is 5.82 Å². The Bertz CT molecular complexity index is 830. The number of rotatable bonds is 7. The highest BCUT2D eigenvalue weighted by molar-refractivity contribution is 5.78. The van der Waals surface area contributed by atoms with Crippen LogP contribution < -0.4 is 5.32 Å². The van der Waals surface area contributed by atoms with Gasteiger partial charge < -0.3 is 14.9 Å². The van der Waals surface area contributed by atoms with Crippen molar-refractivity contribution in [2.24, 2.45) is 0 Å². The molecule has 1 aromatic carbocycles. The van der Waals surface area contributed by atoms with E-state index < -0.39 is 11.5 Å². The number of hydrogen-bond donors (Lipinski definition) is 2. The Hall–Kier alpha value is -2.77. The summed E-state index contributed by atoms with van der Waals surface area (Å²) in [6, 6.07) is 4.54. The van der Waals surface area contributed by atoms with Crippen LogP contribution in [0.1, 0.15) is 43.6 Å². The van der Waals surface area contributed by atoms with E-state index >= 15 is 0 Å². The lowest BCUT2D eigenvalue weighted by atomic mass is 9.74. The third-order valence-electron chi connectivity index (χ3n) is 4.66. The van der Waals surface area contributed by atoms with Crippen molar-refractivity contribution in [2.45, 2.75) is 51.0 Å². The molecule has 1 aliphatic carbocycles. The summed E-state index contributed by atoms with van der Waals surface area (Å²) >= 11 is 0. The fraction of sp³-hybridized carbons (Fsp3) is 0.444. The Morgan fingerprint density at radius 3 is 2.77 bits per heavy atom. The molecule has 8 heteroatoms. The van der Waals surface area contributed by atoms with Gasteiger partial charge in [0.2, 0.25) is 17.6 Å². The Morgan fingerprint density at radius 1 is 1.38 bits per heavy atom. The first-order chi connectivity index (χ1) is 12.4. The van der Waals surface area contributed by atoms with Gasteiger partial charge in [0.05, 0.1) is 12.0 Å². The zero-order valence-electron chi connectivity index (χ0n) is 14.4. The Morgan fingerprint density at radius 2 is 2.15 bits per heavy atom. The SMILES string of the molecule is Cc1cc(-c2noc(CCC(=O)NC3(CC(=O)O)CCC3)n2)ccc1F. The van der Waals surface area contributed by atoms with Crippen LogP contribution in [0.25, 0.3) is 11.4 Å². The van der Waals surface area contributed by atoms with E-state index in [2.05, 4.69) is 15.5 Å². The molecule has 0 saturated heterocycles. The summed E-state index contributed by atoms with van der Waals surface area (Å²) in [6.07, 6.45) is 2.60. The number of amides is 1. The summed E-state index contributed by atoms with van der Waals surface area (Å²) in [6.45, 7) is 1.65. The average molecular weight is 361 g/mol.